The number of carbonyl (C=O) groups excluding carboxylic acids is 2. The molecule has 1 aromatic rings. The maximum atomic E-state index is 13.7. The number of halogens is 2. The molecule has 2 atom stereocenters. The fourth-order valence-corrected chi connectivity index (χ4v) is 4.43. The lowest BCUT2D eigenvalue weighted by molar-refractivity contribution is -0.126. The molecular weight excluding hydrogens is 473 g/mol. The first-order valence-corrected chi connectivity index (χ1v) is 11.8. The average molecular weight is 504 g/mol. The third-order valence-corrected chi connectivity index (χ3v) is 6.50. The summed E-state index contributed by atoms with van der Waals surface area (Å²) in [4.78, 5) is 28.2. The predicted molar refractivity (Wildman–Crippen MR) is 128 cm³/mol. The fraction of sp³-hybridized carbons (Fsp3) is 0.542. The number of amides is 2. The normalized spacial score (nSPS) is 21.1. The largest absolute Gasteiger partial charge is 0.475 e. The lowest BCUT2D eigenvalue weighted by atomic mass is 9.76. The summed E-state index contributed by atoms with van der Waals surface area (Å²) in [5.74, 6) is -4.35. The van der Waals surface area contributed by atoms with Gasteiger partial charge in [-0.15, -0.1) is 0 Å². The molecule has 0 aliphatic carbocycles. The second kappa shape index (κ2) is 11.4. The molecule has 2 fully saturated rings. The zero-order chi connectivity index (χ0) is 26.5. The second-order valence-corrected chi connectivity index (χ2v) is 9.77. The van der Waals surface area contributed by atoms with Gasteiger partial charge in [0.25, 0.3) is 11.8 Å². The highest BCUT2D eigenvalue weighted by molar-refractivity contribution is 6.43. The molecule has 12 heteroatoms. The van der Waals surface area contributed by atoms with Crippen LogP contribution in [-0.4, -0.2) is 88.7 Å². The zero-order valence-corrected chi connectivity index (χ0v) is 20.4. The predicted octanol–water partition coefficient (Wildman–Crippen LogP) is 1.51. The van der Waals surface area contributed by atoms with Gasteiger partial charge < -0.3 is 25.0 Å². The molecule has 194 valence electrons. The van der Waals surface area contributed by atoms with E-state index in [9.17, 15) is 33.7 Å². The molecule has 0 radical (unpaired) electrons. The summed E-state index contributed by atoms with van der Waals surface area (Å²) in [7, 11) is -1.80. The summed E-state index contributed by atoms with van der Waals surface area (Å²) in [5, 5.41) is 31.3. The summed E-state index contributed by atoms with van der Waals surface area (Å²) < 4.78 is 32.7. The first-order valence-electron chi connectivity index (χ1n) is 11.8. The number of alkyl halides is 2. The van der Waals surface area contributed by atoms with Crippen molar-refractivity contribution < 1.29 is 33.2 Å². The molecule has 3 rings (SSSR count). The van der Waals surface area contributed by atoms with Crippen LogP contribution in [0.4, 0.5) is 13.6 Å². The summed E-state index contributed by atoms with van der Waals surface area (Å²) >= 11 is 0. The van der Waals surface area contributed by atoms with Gasteiger partial charge in [-0.25, -0.2) is 13.6 Å². The minimum Gasteiger partial charge on any atom is -0.444 e. The van der Waals surface area contributed by atoms with Gasteiger partial charge in [-0.2, -0.15) is 5.26 Å². The van der Waals surface area contributed by atoms with Crippen molar-refractivity contribution in [1.29, 1.82) is 5.26 Å². The van der Waals surface area contributed by atoms with Crippen molar-refractivity contribution in [2.45, 2.75) is 56.6 Å². The van der Waals surface area contributed by atoms with E-state index in [4.69, 9.17) is 4.74 Å². The molecule has 9 nitrogen and oxygen atoms in total. The topological polar surface area (TPSA) is 126 Å². The fourth-order valence-electron chi connectivity index (χ4n) is 4.43. The molecule has 0 unspecified atom stereocenters. The number of hydrogen-bond acceptors (Lipinski definition) is 7. The Bertz CT molecular complexity index is 1020. The molecule has 1 aromatic carbocycles. The Hall–Kier alpha value is -3.01. The summed E-state index contributed by atoms with van der Waals surface area (Å²) in [6, 6.07) is 10.9. The van der Waals surface area contributed by atoms with Crippen LogP contribution in [0.5, 0.6) is 0 Å². The third kappa shape index (κ3) is 7.26. The Morgan fingerprint density at radius 1 is 1.33 bits per heavy atom. The maximum Gasteiger partial charge on any atom is 0.475 e. The Morgan fingerprint density at radius 2 is 2.03 bits per heavy atom. The smallest absolute Gasteiger partial charge is 0.444 e. The molecule has 2 saturated heterocycles. The number of likely N-dealkylation sites (tertiary alicyclic amines) is 2. The number of alkyl carbamates (subject to hydrolysis) is 1. The molecule has 2 aliphatic heterocycles. The number of benzene rings is 1. The van der Waals surface area contributed by atoms with Crippen molar-refractivity contribution in [2.75, 3.05) is 26.2 Å². The highest BCUT2D eigenvalue weighted by Crippen LogP contribution is 2.33. The zero-order valence-electron chi connectivity index (χ0n) is 20.4. The lowest BCUT2D eigenvalue weighted by Crippen LogP contribution is -2.48. The molecule has 0 saturated carbocycles. The van der Waals surface area contributed by atoms with Gasteiger partial charge in [0.05, 0.1) is 19.0 Å². The number of nitrogens with one attached hydrogen (secondary N) is 1. The van der Waals surface area contributed by atoms with Crippen LogP contribution in [0.1, 0.15) is 32.3 Å². The first kappa shape index (κ1) is 27.6. The highest BCUT2D eigenvalue weighted by Gasteiger charge is 2.43. The van der Waals surface area contributed by atoms with Crippen LogP contribution in [0.15, 0.2) is 42.0 Å². The summed E-state index contributed by atoms with van der Waals surface area (Å²) in [6.45, 7) is 3.38. The number of nitrogens with zero attached hydrogens (tertiary/aromatic N) is 3. The van der Waals surface area contributed by atoms with E-state index in [0.717, 1.165) is 5.56 Å². The van der Waals surface area contributed by atoms with Crippen LogP contribution in [-0.2, 0) is 16.0 Å². The number of nitriles is 1. The molecule has 2 aliphatic rings. The van der Waals surface area contributed by atoms with E-state index in [1.165, 1.54) is 11.0 Å². The third-order valence-electron chi connectivity index (χ3n) is 6.50. The number of ether oxygens (including phenoxy) is 1. The lowest BCUT2D eigenvalue weighted by Gasteiger charge is -2.33. The van der Waals surface area contributed by atoms with Crippen LogP contribution in [0.25, 0.3) is 0 Å². The van der Waals surface area contributed by atoms with Gasteiger partial charge in [0.2, 0.25) is 0 Å². The van der Waals surface area contributed by atoms with Crippen LogP contribution in [0, 0.1) is 11.3 Å². The maximum absolute atomic E-state index is 13.7. The number of carbonyl (C=O) groups is 2. The highest BCUT2D eigenvalue weighted by atomic mass is 19.3. The van der Waals surface area contributed by atoms with Crippen molar-refractivity contribution >= 4 is 19.1 Å². The van der Waals surface area contributed by atoms with Crippen molar-refractivity contribution in [3.05, 3.63) is 47.5 Å². The molecule has 0 spiro atoms. The Labute approximate surface area is 209 Å². The van der Waals surface area contributed by atoms with Gasteiger partial charge in [-0.05, 0) is 31.9 Å². The van der Waals surface area contributed by atoms with Gasteiger partial charge in [-0.1, -0.05) is 30.3 Å². The van der Waals surface area contributed by atoms with E-state index in [2.05, 4.69) is 5.32 Å². The van der Waals surface area contributed by atoms with Gasteiger partial charge in [-0.3, -0.25) is 9.69 Å². The van der Waals surface area contributed by atoms with Gasteiger partial charge in [0.15, 0.2) is 0 Å². The molecule has 0 aromatic heterocycles. The quantitative estimate of drug-likeness (QED) is 0.278. The van der Waals surface area contributed by atoms with E-state index in [1.807, 2.05) is 12.1 Å². The number of rotatable bonds is 8. The monoisotopic (exact) mass is 504 g/mol. The standard InChI is InChI=1S/C24H31BF2N4O5/c1-23(2,31-11-9-24(26,27)16-31)13-18(14-28)21(32)30-10-8-19(15-30)36-22(33)29-20(25(34)35)12-17-6-4-3-5-7-17/h3-7,13,19-20,34-35H,8-12,15-16H2,1-2H3,(H,29,33)/b18-13+/t19-,20-/m0/s1. The van der Waals surface area contributed by atoms with Gasteiger partial charge >= 0.3 is 13.2 Å². The van der Waals surface area contributed by atoms with E-state index >= 15 is 0 Å². The SMILES string of the molecule is CC(C)(/C=C(\C#N)C(=O)N1CC[C@H](OC(=O)N[C@@H](Cc2ccccc2)B(O)O)C1)N1CCC(F)(F)C1. The van der Waals surface area contributed by atoms with E-state index in [0.29, 0.717) is 6.42 Å². The minimum absolute atomic E-state index is 0.0541. The Morgan fingerprint density at radius 3 is 2.61 bits per heavy atom. The molecule has 2 amide bonds. The molecule has 36 heavy (non-hydrogen) atoms. The van der Waals surface area contributed by atoms with Crippen molar-refractivity contribution in [2.24, 2.45) is 0 Å². The molecule has 0 bridgehead atoms. The van der Waals surface area contributed by atoms with E-state index < -0.39 is 49.2 Å². The Kier molecular flexibility index (Phi) is 8.71. The van der Waals surface area contributed by atoms with Crippen LogP contribution >= 0.6 is 0 Å². The molecule has 3 N–H and O–H groups in total. The van der Waals surface area contributed by atoms with Gasteiger partial charge in [0, 0.05) is 31.5 Å². The van der Waals surface area contributed by atoms with Crippen molar-refractivity contribution in [3.8, 4) is 6.07 Å². The van der Waals surface area contributed by atoms with E-state index in [1.54, 1.807) is 43.0 Å². The summed E-state index contributed by atoms with van der Waals surface area (Å²) in [5.41, 5.74) is -0.286. The van der Waals surface area contributed by atoms with Crippen LogP contribution in [0.3, 0.4) is 0 Å². The Balaban J connectivity index is 1.56. The first-order chi connectivity index (χ1) is 16.9. The number of hydrogen-bond donors (Lipinski definition) is 3. The summed E-state index contributed by atoms with van der Waals surface area (Å²) in [6.07, 6.45) is 0.159. The van der Waals surface area contributed by atoms with Crippen molar-refractivity contribution in [3.63, 3.8) is 0 Å². The molecular formula is C24H31BF2N4O5. The van der Waals surface area contributed by atoms with Crippen LogP contribution < -0.4 is 5.32 Å². The van der Waals surface area contributed by atoms with Crippen LogP contribution in [0.2, 0.25) is 0 Å². The van der Waals surface area contributed by atoms with E-state index in [-0.39, 0.29) is 38.0 Å². The minimum atomic E-state index is -2.80. The van der Waals surface area contributed by atoms with Gasteiger partial charge in [0.1, 0.15) is 17.7 Å². The van der Waals surface area contributed by atoms with Crippen molar-refractivity contribution in [1.82, 2.24) is 15.1 Å². The second-order valence-electron chi connectivity index (χ2n) is 9.77. The average Bonchev–Trinajstić information content (AvgIpc) is 3.43. The molecule has 2 heterocycles.